The minimum Gasteiger partial charge on any atom is -0.454 e. The van der Waals surface area contributed by atoms with Crippen LogP contribution in [0.1, 0.15) is 19.3 Å². The van der Waals surface area contributed by atoms with Crippen LogP contribution in [0.5, 0.6) is 11.5 Å². The van der Waals surface area contributed by atoms with Crippen molar-refractivity contribution in [2.45, 2.75) is 30.5 Å². The Morgan fingerprint density at radius 1 is 1.22 bits per heavy atom. The fourth-order valence-corrected chi connectivity index (χ4v) is 3.80. The zero-order chi connectivity index (χ0) is 18.8. The summed E-state index contributed by atoms with van der Waals surface area (Å²) in [5, 5.41) is 8.26. The zero-order valence-electron chi connectivity index (χ0n) is 14.4. The summed E-state index contributed by atoms with van der Waals surface area (Å²) < 4.78 is 16.2. The van der Waals surface area contributed by atoms with Gasteiger partial charge < -0.3 is 24.5 Å². The minimum atomic E-state index is -0.529. The molecule has 2 aliphatic rings. The average Bonchev–Trinajstić information content (AvgIpc) is 3.34. The fourth-order valence-electron chi connectivity index (χ4n) is 3.15. The maximum Gasteiger partial charge on any atom is 0.277 e. The average molecular weight is 390 g/mol. The van der Waals surface area contributed by atoms with E-state index < -0.39 is 11.9 Å². The molecule has 142 valence electrons. The number of likely N-dealkylation sites (tertiary alicyclic amines) is 1. The van der Waals surface area contributed by atoms with Crippen LogP contribution in [-0.4, -0.2) is 52.0 Å². The van der Waals surface area contributed by atoms with Gasteiger partial charge >= 0.3 is 0 Å². The number of rotatable bonds is 5. The first kappa shape index (κ1) is 17.7. The molecule has 2 amide bonds. The fraction of sp³-hybridized carbons (Fsp3) is 0.412. The molecule has 0 saturated carbocycles. The Morgan fingerprint density at radius 2 is 2.07 bits per heavy atom. The Balaban J connectivity index is 1.39. The number of amides is 2. The van der Waals surface area contributed by atoms with Gasteiger partial charge in [0.2, 0.25) is 24.5 Å². The Morgan fingerprint density at radius 3 is 2.93 bits per heavy atom. The van der Waals surface area contributed by atoms with Crippen LogP contribution in [0.15, 0.2) is 27.8 Å². The maximum absolute atomic E-state index is 12.5. The van der Waals surface area contributed by atoms with Crippen LogP contribution in [0.2, 0.25) is 0 Å². The van der Waals surface area contributed by atoms with E-state index in [1.165, 1.54) is 0 Å². The molecular weight excluding hydrogens is 372 g/mol. The van der Waals surface area contributed by atoms with Crippen molar-refractivity contribution in [1.82, 2.24) is 15.1 Å². The van der Waals surface area contributed by atoms with E-state index >= 15 is 0 Å². The summed E-state index contributed by atoms with van der Waals surface area (Å²) in [7, 11) is 0. The number of hydrogen-bond acceptors (Lipinski definition) is 8. The topological polar surface area (TPSA) is 121 Å². The summed E-state index contributed by atoms with van der Waals surface area (Å²) in [5.74, 6) is 1.10. The molecule has 0 aliphatic carbocycles. The van der Waals surface area contributed by atoms with E-state index in [4.69, 9.17) is 19.6 Å². The second-order valence-corrected chi connectivity index (χ2v) is 7.16. The Kier molecular flexibility index (Phi) is 4.88. The molecule has 0 spiro atoms. The first-order valence-electron chi connectivity index (χ1n) is 8.57. The molecule has 1 aromatic carbocycles. The minimum absolute atomic E-state index is 0.104. The Labute approximate surface area is 159 Å². The number of ether oxygens (including phenoxy) is 2. The highest BCUT2D eigenvalue weighted by atomic mass is 32.2. The van der Waals surface area contributed by atoms with Gasteiger partial charge in [0.25, 0.3) is 5.22 Å². The molecule has 4 rings (SSSR count). The van der Waals surface area contributed by atoms with Crippen molar-refractivity contribution in [1.29, 1.82) is 0 Å². The Bertz CT molecular complexity index is 871. The number of piperidine rings is 1. The van der Waals surface area contributed by atoms with E-state index in [2.05, 4.69) is 10.2 Å². The first-order chi connectivity index (χ1) is 13.1. The number of nitrogens with two attached hydrogens (primary N) is 1. The lowest BCUT2D eigenvalue weighted by Gasteiger charge is -2.33. The largest absolute Gasteiger partial charge is 0.454 e. The van der Waals surface area contributed by atoms with Gasteiger partial charge in [-0.2, -0.15) is 0 Å². The summed E-state index contributed by atoms with van der Waals surface area (Å²) in [6.07, 6.45) is 2.38. The first-order valence-corrected chi connectivity index (χ1v) is 9.55. The number of nitrogens with zero attached hydrogens (tertiary/aromatic N) is 3. The van der Waals surface area contributed by atoms with Gasteiger partial charge in [0.1, 0.15) is 6.04 Å². The molecule has 0 bridgehead atoms. The van der Waals surface area contributed by atoms with Crippen LogP contribution < -0.4 is 15.2 Å². The van der Waals surface area contributed by atoms with Gasteiger partial charge in [0.15, 0.2) is 11.5 Å². The van der Waals surface area contributed by atoms with Crippen molar-refractivity contribution < 1.29 is 23.5 Å². The SMILES string of the molecule is NC(=O)[C@@H]1CCCCN1C(=O)CSc1nnc(-c2ccc3c(c2)OCO3)o1. The number of fused-ring (bicyclic) bond motifs is 1. The van der Waals surface area contributed by atoms with Crippen molar-refractivity contribution in [2.24, 2.45) is 5.73 Å². The molecular formula is C17H18N4O5S. The molecule has 2 aromatic rings. The maximum atomic E-state index is 12.5. The molecule has 1 fully saturated rings. The van der Waals surface area contributed by atoms with Gasteiger partial charge in [0, 0.05) is 12.1 Å². The van der Waals surface area contributed by atoms with Gasteiger partial charge in [-0.25, -0.2) is 0 Å². The molecule has 1 saturated heterocycles. The standard InChI is InChI=1S/C17H18N4O5S/c18-15(23)11-3-1-2-6-21(11)14(22)8-27-17-20-19-16(26-17)10-4-5-12-13(7-10)25-9-24-12/h4-5,7,11H,1-3,6,8-9H2,(H2,18,23)/t11-/m0/s1. The summed E-state index contributed by atoms with van der Waals surface area (Å²) >= 11 is 1.14. The molecule has 9 nitrogen and oxygen atoms in total. The van der Waals surface area contributed by atoms with Gasteiger partial charge in [0.05, 0.1) is 5.75 Å². The molecule has 0 radical (unpaired) electrons. The molecule has 2 aliphatic heterocycles. The lowest BCUT2D eigenvalue weighted by Crippen LogP contribution is -2.51. The third-order valence-electron chi connectivity index (χ3n) is 4.50. The van der Waals surface area contributed by atoms with Gasteiger partial charge in [-0.05, 0) is 37.5 Å². The zero-order valence-corrected chi connectivity index (χ0v) is 15.2. The highest BCUT2D eigenvalue weighted by Gasteiger charge is 2.30. The molecule has 3 heterocycles. The van der Waals surface area contributed by atoms with Crippen molar-refractivity contribution in [3.8, 4) is 23.0 Å². The number of hydrogen-bond donors (Lipinski definition) is 1. The van der Waals surface area contributed by atoms with E-state index in [0.717, 1.165) is 24.6 Å². The second kappa shape index (κ2) is 7.47. The third kappa shape index (κ3) is 3.70. The van der Waals surface area contributed by atoms with Gasteiger partial charge in [-0.3, -0.25) is 9.59 Å². The number of primary amides is 1. The van der Waals surface area contributed by atoms with Crippen molar-refractivity contribution >= 4 is 23.6 Å². The van der Waals surface area contributed by atoms with Crippen molar-refractivity contribution in [3.63, 3.8) is 0 Å². The molecule has 0 unspecified atom stereocenters. The number of carbonyl (C=O) groups is 2. The molecule has 1 aromatic heterocycles. The number of carbonyl (C=O) groups excluding carboxylic acids is 2. The second-order valence-electron chi connectivity index (χ2n) is 6.23. The lowest BCUT2D eigenvalue weighted by molar-refractivity contribution is -0.138. The van der Waals surface area contributed by atoms with Crippen LogP contribution in [0.3, 0.4) is 0 Å². The van der Waals surface area contributed by atoms with Crippen LogP contribution in [0.25, 0.3) is 11.5 Å². The predicted molar refractivity (Wildman–Crippen MR) is 95.1 cm³/mol. The van der Waals surface area contributed by atoms with Crippen LogP contribution >= 0.6 is 11.8 Å². The monoisotopic (exact) mass is 390 g/mol. The Hall–Kier alpha value is -2.75. The van der Waals surface area contributed by atoms with E-state index in [9.17, 15) is 9.59 Å². The smallest absolute Gasteiger partial charge is 0.277 e. The van der Waals surface area contributed by atoms with Crippen LogP contribution in [0.4, 0.5) is 0 Å². The quantitative estimate of drug-likeness (QED) is 0.761. The van der Waals surface area contributed by atoms with Crippen LogP contribution in [-0.2, 0) is 9.59 Å². The van der Waals surface area contributed by atoms with Crippen molar-refractivity contribution in [3.05, 3.63) is 18.2 Å². The summed E-state index contributed by atoms with van der Waals surface area (Å²) in [5.41, 5.74) is 6.11. The highest BCUT2D eigenvalue weighted by Crippen LogP contribution is 2.36. The van der Waals surface area contributed by atoms with E-state index in [1.807, 2.05) is 0 Å². The molecule has 1 atom stereocenters. The van der Waals surface area contributed by atoms with Crippen LogP contribution in [0, 0.1) is 0 Å². The predicted octanol–water partition coefficient (Wildman–Crippen LogP) is 1.42. The normalized spacial score (nSPS) is 18.5. The van der Waals surface area contributed by atoms with Crippen molar-refractivity contribution in [2.75, 3.05) is 19.1 Å². The summed E-state index contributed by atoms with van der Waals surface area (Å²) in [6.45, 7) is 0.730. The van der Waals surface area contributed by atoms with Gasteiger partial charge in [-0.15, -0.1) is 10.2 Å². The molecule has 27 heavy (non-hydrogen) atoms. The number of aromatic nitrogens is 2. The highest BCUT2D eigenvalue weighted by molar-refractivity contribution is 7.99. The van der Waals surface area contributed by atoms with E-state index in [-0.39, 0.29) is 23.7 Å². The number of benzene rings is 1. The van der Waals surface area contributed by atoms with E-state index in [0.29, 0.717) is 35.9 Å². The third-order valence-corrected chi connectivity index (χ3v) is 5.30. The van der Waals surface area contributed by atoms with E-state index in [1.54, 1.807) is 23.1 Å². The van der Waals surface area contributed by atoms with Gasteiger partial charge in [-0.1, -0.05) is 11.8 Å². The molecule has 10 heteroatoms. The summed E-state index contributed by atoms with van der Waals surface area (Å²) in [6, 6.07) is 4.81. The lowest BCUT2D eigenvalue weighted by atomic mass is 10.0. The number of thioether (sulfide) groups is 1. The summed E-state index contributed by atoms with van der Waals surface area (Å²) in [4.78, 5) is 25.6. The molecule has 2 N–H and O–H groups in total.